The lowest BCUT2D eigenvalue weighted by Crippen LogP contribution is -2.53. The van der Waals surface area contributed by atoms with Gasteiger partial charge in [-0.2, -0.15) is 0 Å². The quantitative estimate of drug-likeness (QED) is 0.872. The summed E-state index contributed by atoms with van der Waals surface area (Å²) in [7, 11) is 0. The maximum Gasteiger partial charge on any atom is 0.317 e. The number of nitrogens with zero attached hydrogens (tertiary/aromatic N) is 2. The van der Waals surface area contributed by atoms with Crippen molar-refractivity contribution in [3.05, 3.63) is 29.6 Å². The number of amides is 2. The molecule has 120 valence electrons. The van der Waals surface area contributed by atoms with Gasteiger partial charge in [0.05, 0.1) is 5.69 Å². The number of Topliss-reactive ketones (excluding diaryl/α,β-unsaturated/α-hetero) is 1. The summed E-state index contributed by atoms with van der Waals surface area (Å²) in [5.41, 5.74) is 0.852. The largest absolute Gasteiger partial charge is 0.366 e. The number of rotatable bonds is 3. The van der Waals surface area contributed by atoms with Crippen LogP contribution in [-0.2, 0) is 0 Å². The molecule has 1 aliphatic heterocycles. The van der Waals surface area contributed by atoms with Crippen molar-refractivity contribution in [2.75, 3.05) is 31.1 Å². The zero-order valence-electron chi connectivity index (χ0n) is 13.2. The smallest absolute Gasteiger partial charge is 0.317 e. The lowest BCUT2D eigenvalue weighted by Gasteiger charge is -2.36. The first-order valence-electron chi connectivity index (χ1n) is 7.49. The van der Waals surface area contributed by atoms with Gasteiger partial charge in [0.2, 0.25) is 0 Å². The average molecular weight is 307 g/mol. The standard InChI is InChI=1S/C16H22FN3O2/c1-11(2)18-16(22)20-8-6-19(7-9-20)15-5-4-13(12(3)21)10-14(15)17/h4-5,10-11H,6-9H2,1-3H3,(H,18,22). The summed E-state index contributed by atoms with van der Waals surface area (Å²) in [5.74, 6) is -0.548. The van der Waals surface area contributed by atoms with Crippen LogP contribution in [0, 0.1) is 5.82 Å². The summed E-state index contributed by atoms with van der Waals surface area (Å²) in [6.45, 7) is 7.49. The summed E-state index contributed by atoms with van der Waals surface area (Å²) in [5, 5.41) is 2.86. The number of carbonyl (C=O) groups excluding carboxylic acids is 2. The molecular weight excluding hydrogens is 285 g/mol. The van der Waals surface area contributed by atoms with Gasteiger partial charge in [0.15, 0.2) is 5.78 Å². The third-order valence-corrected chi connectivity index (χ3v) is 3.67. The Morgan fingerprint density at radius 3 is 2.32 bits per heavy atom. The molecule has 0 atom stereocenters. The maximum atomic E-state index is 14.1. The first kappa shape index (κ1) is 16.3. The van der Waals surface area contributed by atoms with Crippen molar-refractivity contribution in [2.24, 2.45) is 0 Å². The first-order chi connectivity index (χ1) is 10.4. The van der Waals surface area contributed by atoms with E-state index >= 15 is 0 Å². The number of carbonyl (C=O) groups is 2. The minimum absolute atomic E-state index is 0.0814. The SMILES string of the molecule is CC(=O)c1ccc(N2CCN(C(=O)NC(C)C)CC2)c(F)c1. The van der Waals surface area contributed by atoms with Gasteiger partial charge in [0.25, 0.3) is 0 Å². The van der Waals surface area contributed by atoms with Crippen molar-refractivity contribution in [1.82, 2.24) is 10.2 Å². The van der Waals surface area contributed by atoms with Gasteiger partial charge >= 0.3 is 6.03 Å². The lowest BCUT2D eigenvalue weighted by atomic mass is 10.1. The van der Waals surface area contributed by atoms with Crippen molar-refractivity contribution in [2.45, 2.75) is 26.8 Å². The number of piperazine rings is 1. The number of anilines is 1. The van der Waals surface area contributed by atoms with Gasteiger partial charge in [-0.1, -0.05) is 0 Å². The number of hydrogen-bond acceptors (Lipinski definition) is 3. The molecule has 2 rings (SSSR count). The predicted molar refractivity (Wildman–Crippen MR) is 83.9 cm³/mol. The van der Waals surface area contributed by atoms with E-state index < -0.39 is 5.82 Å². The molecule has 1 saturated heterocycles. The van der Waals surface area contributed by atoms with Crippen LogP contribution in [0.4, 0.5) is 14.9 Å². The van der Waals surface area contributed by atoms with E-state index in [0.29, 0.717) is 37.4 Å². The minimum Gasteiger partial charge on any atom is -0.366 e. The third kappa shape index (κ3) is 3.75. The van der Waals surface area contributed by atoms with Crippen LogP contribution in [0.25, 0.3) is 0 Å². The molecule has 0 aromatic heterocycles. The van der Waals surface area contributed by atoms with Crippen molar-refractivity contribution >= 4 is 17.5 Å². The Hall–Kier alpha value is -2.11. The Balaban J connectivity index is 2.00. The van der Waals surface area contributed by atoms with Crippen LogP contribution in [0.2, 0.25) is 0 Å². The van der Waals surface area contributed by atoms with E-state index in [1.165, 1.54) is 13.0 Å². The van der Waals surface area contributed by atoms with E-state index in [2.05, 4.69) is 5.32 Å². The van der Waals surface area contributed by atoms with Crippen LogP contribution in [0.5, 0.6) is 0 Å². The van der Waals surface area contributed by atoms with Crippen molar-refractivity contribution in [3.8, 4) is 0 Å². The number of ketones is 1. The maximum absolute atomic E-state index is 14.1. The molecule has 6 heteroatoms. The van der Waals surface area contributed by atoms with E-state index in [9.17, 15) is 14.0 Å². The van der Waals surface area contributed by atoms with Gasteiger partial charge in [-0.3, -0.25) is 4.79 Å². The molecule has 1 fully saturated rings. The summed E-state index contributed by atoms with van der Waals surface area (Å²) in [6.07, 6.45) is 0. The molecule has 2 amide bonds. The highest BCUT2D eigenvalue weighted by molar-refractivity contribution is 5.94. The number of nitrogens with one attached hydrogen (secondary N) is 1. The number of hydrogen-bond donors (Lipinski definition) is 1. The number of benzene rings is 1. The molecule has 0 spiro atoms. The topological polar surface area (TPSA) is 52.7 Å². The molecule has 1 aromatic rings. The fourth-order valence-electron chi connectivity index (χ4n) is 2.47. The fourth-order valence-corrected chi connectivity index (χ4v) is 2.47. The highest BCUT2D eigenvalue weighted by Crippen LogP contribution is 2.22. The summed E-state index contributed by atoms with van der Waals surface area (Å²) < 4.78 is 14.1. The Morgan fingerprint density at radius 2 is 1.82 bits per heavy atom. The predicted octanol–water partition coefficient (Wildman–Crippen LogP) is 2.27. The molecule has 1 aliphatic rings. The second-order valence-corrected chi connectivity index (χ2v) is 5.80. The molecule has 0 saturated carbocycles. The monoisotopic (exact) mass is 307 g/mol. The average Bonchev–Trinajstić information content (AvgIpc) is 2.46. The molecule has 5 nitrogen and oxygen atoms in total. The molecule has 1 N–H and O–H groups in total. The number of urea groups is 1. The van der Waals surface area contributed by atoms with E-state index in [4.69, 9.17) is 0 Å². The first-order valence-corrected chi connectivity index (χ1v) is 7.49. The Morgan fingerprint density at radius 1 is 1.18 bits per heavy atom. The molecule has 0 unspecified atom stereocenters. The molecule has 1 aromatic carbocycles. The van der Waals surface area contributed by atoms with Gasteiger partial charge in [-0.15, -0.1) is 0 Å². The third-order valence-electron chi connectivity index (χ3n) is 3.67. The van der Waals surface area contributed by atoms with Crippen LogP contribution in [-0.4, -0.2) is 48.9 Å². The van der Waals surface area contributed by atoms with Crippen LogP contribution >= 0.6 is 0 Å². The van der Waals surface area contributed by atoms with Crippen molar-refractivity contribution in [3.63, 3.8) is 0 Å². The zero-order chi connectivity index (χ0) is 16.3. The summed E-state index contributed by atoms with van der Waals surface area (Å²) in [6, 6.07) is 4.56. The van der Waals surface area contributed by atoms with Gasteiger partial charge in [0.1, 0.15) is 5.82 Å². The van der Waals surface area contributed by atoms with Gasteiger partial charge in [-0.05, 0) is 39.0 Å². The molecule has 0 aliphatic carbocycles. The summed E-state index contributed by atoms with van der Waals surface area (Å²) in [4.78, 5) is 26.8. The van der Waals surface area contributed by atoms with Crippen LogP contribution < -0.4 is 10.2 Å². The fraction of sp³-hybridized carbons (Fsp3) is 0.500. The zero-order valence-corrected chi connectivity index (χ0v) is 13.2. The second kappa shape index (κ2) is 6.77. The highest BCUT2D eigenvalue weighted by atomic mass is 19.1. The van der Waals surface area contributed by atoms with E-state index in [1.807, 2.05) is 18.7 Å². The van der Waals surface area contributed by atoms with Gasteiger partial charge in [0, 0.05) is 37.8 Å². The van der Waals surface area contributed by atoms with Gasteiger partial charge < -0.3 is 15.1 Å². The van der Waals surface area contributed by atoms with Crippen molar-refractivity contribution < 1.29 is 14.0 Å². The number of halogens is 1. The second-order valence-electron chi connectivity index (χ2n) is 5.80. The Bertz CT molecular complexity index is 567. The molecule has 0 radical (unpaired) electrons. The highest BCUT2D eigenvalue weighted by Gasteiger charge is 2.23. The molecular formula is C16H22FN3O2. The van der Waals surface area contributed by atoms with Crippen molar-refractivity contribution in [1.29, 1.82) is 0 Å². The molecule has 0 bridgehead atoms. The van der Waals surface area contributed by atoms with Crippen LogP contribution in [0.3, 0.4) is 0 Å². The molecule has 1 heterocycles. The Kier molecular flexibility index (Phi) is 5.00. The molecule has 22 heavy (non-hydrogen) atoms. The summed E-state index contributed by atoms with van der Waals surface area (Å²) >= 11 is 0. The lowest BCUT2D eigenvalue weighted by molar-refractivity contribution is 0.101. The minimum atomic E-state index is -0.396. The van der Waals surface area contributed by atoms with E-state index in [0.717, 1.165) is 0 Å². The normalized spacial score (nSPS) is 15.1. The van der Waals surface area contributed by atoms with E-state index in [-0.39, 0.29) is 17.9 Å². The Labute approximate surface area is 130 Å². The van der Waals surface area contributed by atoms with Crippen LogP contribution in [0.1, 0.15) is 31.1 Å². The van der Waals surface area contributed by atoms with Gasteiger partial charge in [-0.25, -0.2) is 9.18 Å². The van der Waals surface area contributed by atoms with Crippen LogP contribution in [0.15, 0.2) is 18.2 Å². The van der Waals surface area contributed by atoms with E-state index in [1.54, 1.807) is 17.0 Å².